The van der Waals surface area contributed by atoms with Crippen LogP contribution in [0.1, 0.15) is 35.1 Å². The lowest BCUT2D eigenvalue weighted by Crippen LogP contribution is -2.32. The summed E-state index contributed by atoms with van der Waals surface area (Å²) in [5.41, 5.74) is 0.389. The summed E-state index contributed by atoms with van der Waals surface area (Å²) in [6.45, 7) is 1.73. The van der Waals surface area contributed by atoms with Crippen molar-refractivity contribution in [3.8, 4) is 11.8 Å². The summed E-state index contributed by atoms with van der Waals surface area (Å²) in [4.78, 5) is 26.7. The smallest absolute Gasteiger partial charge is 0.346 e. The van der Waals surface area contributed by atoms with Crippen molar-refractivity contribution >= 4 is 17.1 Å². The Morgan fingerprint density at radius 1 is 1.37 bits per heavy atom. The van der Waals surface area contributed by atoms with E-state index < -0.39 is 17.6 Å². The Morgan fingerprint density at radius 2 is 2.19 bits per heavy atom. The lowest BCUT2D eigenvalue weighted by atomic mass is 10.2. The predicted molar refractivity (Wildman–Crippen MR) is 91.6 cm³/mol. The first-order valence-electron chi connectivity index (χ1n) is 7.95. The van der Waals surface area contributed by atoms with Crippen molar-refractivity contribution in [2.45, 2.75) is 25.6 Å². The molecule has 3 aromatic heterocycles. The maximum absolute atomic E-state index is 12.7. The number of alkyl halides is 3. The second-order valence-electron chi connectivity index (χ2n) is 5.80. The van der Waals surface area contributed by atoms with E-state index in [2.05, 4.69) is 37.1 Å². The Kier molecular flexibility index (Phi) is 5.07. The van der Waals surface area contributed by atoms with E-state index in [0.29, 0.717) is 11.2 Å². The molecule has 3 aromatic rings. The van der Waals surface area contributed by atoms with Gasteiger partial charge in [-0.25, -0.2) is 9.97 Å². The number of rotatable bonds is 3. The molecule has 9 heteroatoms. The quantitative estimate of drug-likeness (QED) is 0.692. The van der Waals surface area contributed by atoms with E-state index in [1.165, 1.54) is 6.20 Å². The summed E-state index contributed by atoms with van der Waals surface area (Å²) in [5.74, 6) is 5.09. The number of carbonyl (C=O) groups is 1. The predicted octanol–water partition coefficient (Wildman–Crippen LogP) is 2.93. The molecule has 3 heterocycles. The van der Waals surface area contributed by atoms with Crippen LogP contribution in [0.5, 0.6) is 0 Å². The van der Waals surface area contributed by atoms with E-state index in [4.69, 9.17) is 0 Å². The van der Waals surface area contributed by atoms with Crippen LogP contribution in [0.25, 0.3) is 11.2 Å². The Labute approximate surface area is 152 Å². The average molecular weight is 373 g/mol. The monoisotopic (exact) mass is 373 g/mol. The molecule has 2 N–H and O–H groups in total. The van der Waals surface area contributed by atoms with Crippen LogP contribution in [0, 0.1) is 11.8 Å². The number of amides is 1. The van der Waals surface area contributed by atoms with Crippen LogP contribution < -0.4 is 5.32 Å². The van der Waals surface area contributed by atoms with Gasteiger partial charge in [0.2, 0.25) is 0 Å². The van der Waals surface area contributed by atoms with Gasteiger partial charge >= 0.3 is 6.18 Å². The number of halogens is 3. The van der Waals surface area contributed by atoms with E-state index in [-0.39, 0.29) is 23.9 Å². The van der Waals surface area contributed by atoms with Gasteiger partial charge in [0, 0.05) is 36.6 Å². The Morgan fingerprint density at radius 3 is 2.93 bits per heavy atom. The van der Waals surface area contributed by atoms with E-state index in [9.17, 15) is 18.0 Å². The van der Waals surface area contributed by atoms with Gasteiger partial charge in [-0.2, -0.15) is 13.2 Å². The standard InChI is InChI=1S/C18H14F3N5O/c1-11(4-2-5-12-8-13(10-22-9-12)18(19,20)21)24-17(27)16-25-14-6-3-7-23-15(14)26-16/h3,6-11H,4H2,1H3,(H,24,27)(H,23,25,26)/t11-/m0/s1. The molecule has 6 nitrogen and oxygen atoms in total. The first-order valence-corrected chi connectivity index (χ1v) is 7.95. The highest BCUT2D eigenvalue weighted by Crippen LogP contribution is 2.28. The Hall–Kier alpha value is -3.41. The highest BCUT2D eigenvalue weighted by Gasteiger charge is 2.30. The molecule has 0 spiro atoms. The summed E-state index contributed by atoms with van der Waals surface area (Å²) in [6, 6.07) is 4.09. The van der Waals surface area contributed by atoms with Crippen molar-refractivity contribution in [1.82, 2.24) is 25.3 Å². The number of carbonyl (C=O) groups excluding carboxylic acids is 1. The minimum Gasteiger partial charge on any atom is -0.346 e. The molecule has 0 aromatic carbocycles. The highest BCUT2D eigenvalue weighted by atomic mass is 19.4. The highest BCUT2D eigenvalue weighted by molar-refractivity contribution is 5.93. The number of fused-ring (bicyclic) bond motifs is 1. The summed E-state index contributed by atoms with van der Waals surface area (Å²) in [7, 11) is 0. The molecule has 0 unspecified atom stereocenters. The topological polar surface area (TPSA) is 83.6 Å². The minimum atomic E-state index is -4.46. The van der Waals surface area contributed by atoms with Crippen LogP contribution in [-0.2, 0) is 6.18 Å². The summed E-state index contributed by atoms with van der Waals surface area (Å²) < 4.78 is 38.0. The van der Waals surface area contributed by atoms with Crippen molar-refractivity contribution in [2.75, 3.05) is 0 Å². The molecule has 0 saturated carbocycles. The van der Waals surface area contributed by atoms with Crippen LogP contribution in [0.4, 0.5) is 13.2 Å². The molecule has 0 aliphatic heterocycles. The zero-order valence-corrected chi connectivity index (χ0v) is 14.1. The number of H-pyrrole nitrogens is 1. The molecule has 0 aliphatic carbocycles. The molecule has 1 atom stereocenters. The van der Waals surface area contributed by atoms with Gasteiger partial charge in [0.25, 0.3) is 5.91 Å². The summed E-state index contributed by atoms with van der Waals surface area (Å²) in [6.07, 6.45) is -0.636. The van der Waals surface area contributed by atoms with E-state index in [0.717, 1.165) is 12.3 Å². The third kappa shape index (κ3) is 4.61. The third-order valence-electron chi connectivity index (χ3n) is 3.56. The lowest BCUT2D eigenvalue weighted by molar-refractivity contribution is -0.137. The second kappa shape index (κ2) is 7.45. The van der Waals surface area contributed by atoms with Crippen molar-refractivity contribution in [1.29, 1.82) is 0 Å². The van der Waals surface area contributed by atoms with Crippen LogP contribution in [-0.4, -0.2) is 31.9 Å². The number of nitrogens with one attached hydrogen (secondary N) is 2. The number of hydrogen-bond donors (Lipinski definition) is 2. The molecule has 3 rings (SSSR count). The number of imidazole rings is 1. The normalized spacial score (nSPS) is 12.3. The van der Waals surface area contributed by atoms with Crippen molar-refractivity contribution < 1.29 is 18.0 Å². The fraction of sp³-hybridized carbons (Fsp3) is 0.222. The number of hydrogen-bond acceptors (Lipinski definition) is 4. The molecule has 0 fully saturated rings. The van der Waals surface area contributed by atoms with Gasteiger partial charge in [0.15, 0.2) is 11.5 Å². The fourth-order valence-electron chi connectivity index (χ4n) is 2.27. The number of pyridine rings is 2. The third-order valence-corrected chi connectivity index (χ3v) is 3.56. The van der Waals surface area contributed by atoms with Crippen molar-refractivity contribution in [3.05, 3.63) is 53.7 Å². The van der Waals surface area contributed by atoms with Gasteiger partial charge in [-0.05, 0) is 25.1 Å². The van der Waals surface area contributed by atoms with Gasteiger partial charge in [-0.3, -0.25) is 9.78 Å². The molecule has 0 bridgehead atoms. The fourth-order valence-corrected chi connectivity index (χ4v) is 2.27. The second-order valence-corrected chi connectivity index (χ2v) is 5.80. The van der Waals surface area contributed by atoms with Crippen molar-refractivity contribution in [2.24, 2.45) is 0 Å². The van der Waals surface area contributed by atoms with E-state index >= 15 is 0 Å². The Balaban J connectivity index is 1.61. The molecule has 0 saturated heterocycles. The average Bonchev–Trinajstić information content (AvgIpc) is 3.05. The summed E-state index contributed by atoms with van der Waals surface area (Å²) in [5, 5.41) is 2.72. The van der Waals surface area contributed by atoms with E-state index in [1.807, 2.05) is 0 Å². The first kappa shape index (κ1) is 18.4. The maximum Gasteiger partial charge on any atom is 0.417 e. The van der Waals surface area contributed by atoms with Gasteiger partial charge in [0.05, 0.1) is 11.1 Å². The molecule has 138 valence electrons. The molecule has 0 radical (unpaired) electrons. The summed E-state index contributed by atoms with van der Waals surface area (Å²) >= 11 is 0. The molecular formula is C18H14F3N5O. The SMILES string of the molecule is C[C@@H](CC#Cc1cncc(C(F)(F)F)c1)NC(=O)c1nc2ncccc2[nH]1. The molecule has 27 heavy (non-hydrogen) atoms. The van der Waals surface area contributed by atoms with Crippen LogP contribution in [0.2, 0.25) is 0 Å². The first-order chi connectivity index (χ1) is 12.8. The van der Waals surface area contributed by atoms with Crippen LogP contribution in [0.3, 0.4) is 0 Å². The van der Waals surface area contributed by atoms with Gasteiger partial charge in [0.1, 0.15) is 0 Å². The van der Waals surface area contributed by atoms with E-state index in [1.54, 1.807) is 25.3 Å². The molecule has 1 amide bonds. The molecular weight excluding hydrogens is 359 g/mol. The van der Waals surface area contributed by atoms with Crippen LogP contribution >= 0.6 is 0 Å². The number of nitrogens with zero attached hydrogens (tertiary/aromatic N) is 3. The largest absolute Gasteiger partial charge is 0.417 e. The Bertz CT molecular complexity index is 999. The zero-order chi connectivity index (χ0) is 19.4. The zero-order valence-electron chi connectivity index (χ0n) is 14.1. The van der Waals surface area contributed by atoms with Crippen molar-refractivity contribution in [3.63, 3.8) is 0 Å². The minimum absolute atomic E-state index is 0.130. The lowest BCUT2D eigenvalue weighted by Gasteiger charge is -2.09. The maximum atomic E-state index is 12.7. The van der Waals surface area contributed by atoms with Crippen LogP contribution in [0.15, 0.2) is 36.8 Å². The number of aromatic amines is 1. The van der Waals surface area contributed by atoms with Gasteiger partial charge in [-0.1, -0.05) is 11.8 Å². The molecule has 0 aliphatic rings. The number of aromatic nitrogens is 4. The van der Waals surface area contributed by atoms with Gasteiger partial charge in [-0.15, -0.1) is 0 Å². The van der Waals surface area contributed by atoms with Gasteiger partial charge < -0.3 is 10.3 Å².